The Morgan fingerprint density at radius 3 is 2.50 bits per heavy atom. The first-order chi connectivity index (χ1) is 8.51. The molecule has 1 aromatic carbocycles. The molecule has 1 unspecified atom stereocenters. The summed E-state index contributed by atoms with van der Waals surface area (Å²) in [5.74, 6) is 0. The highest BCUT2D eigenvalue weighted by Gasteiger charge is 2.35. The van der Waals surface area contributed by atoms with E-state index in [4.69, 9.17) is 4.84 Å². The second-order valence-electron chi connectivity index (χ2n) is 3.02. The largest absolute Gasteiger partial charge is 0.339 e. The number of thioether (sulfide) groups is 1. The van der Waals surface area contributed by atoms with Gasteiger partial charge in [0.2, 0.25) is 10.8 Å². The van der Waals surface area contributed by atoms with Crippen molar-refractivity contribution >= 4 is 32.0 Å². The van der Waals surface area contributed by atoms with Gasteiger partial charge in [-0.15, -0.1) is 0 Å². The van der Waals surface area contributed by atoms with Crippen molar-refractivity contribution in [3.05, 3.63) is 35.9 Å². The number of rotatable bonds is 3. The van der Waals surface area contributed by atoms with Crippen LogP contribution >= 0.6 is 22.5 Å². The van der Waals surface area contributed by atoms with Crippen LogP contribution in [0.1, 0.15) is 5.56 Å². The molecule has 0 spiro atoms. The van der Waals surface area contributed by atoms with Crippen LogP contribution in [-0.4, -0.2) is 15.7 Å². The van der Waals surface area contributed by atoms with Crippen LogP contribution in [0.25, 0.3) is 0 Å². The molecule has 0 aliphatic carbocycles. The van der Waals surface area contributed by atoms with Gasteiger partial charge in [-0.2, -0.15) is 14.0 Å². The maximum absolute atomic E-state index is 10.7. The highest BCUT2D eigenvalue weighted by molar-refractivity contribution is 8.38. The Hall–Kier alpha value is -0.610. The molecule has 0 fully saturated rings. The van der Waals surface area contributed by atoms with E-state index in [0.29, 0.717) is 5.56 Å². The highest BCUT2D eigenvalue weighted by atomic mass is 35.7. The first-order valence-electron chi connectivity index (χ1n) is 4.58. The number of benzene rings is 1. The van der Waals surface area contributed by atoms with E-state index >= 15 is 0 Å². The Balaban J connectivity index is 2.35. The minimum Gasteiger partial charge on any atom is -0.339 e. The Labute approximate surface area is 112 Å². The second-order valence-corrected chi connectivity index (χ2v) is 6.61. The summed E-state index contributed by atoms with van der Waals surface area (Å²) in [6.07, 6.45) is 1.68. The number of nitrogens with zero attached hydrogens (tertiary/aromatic N) is 1. The van der Waals surface area contributed by atoms with Crippen molar-refractivity contribution in [2.75, 3.05) is 6.26 Å². The van der Waals surface area contributed by atoms with Gasteiger partial charge in [-0.05, 0) is 6.26 Å². The third-order valence-electron chi connectivity index (χ3n) is 1.86. The number of hydrogen-bond donors (Lipinski definition) is 0. The molecule has 1 aromatic rings. The van der Waals surface area contributed by atoms with Crippen molar-refractivity contribution in [3.63, 3.8) is 0 Å². The van der Waals surface area contributed by atoms with Gasteiger partial charge in [0.15, 0.2) is 5.04 Å². The topological polar surface area (TPSA) is 100 Å². The molecule has 0 bridgehead atoms. The molecular formula is C9H8ClNO5S2. The second kappa shape index (κ2) is 5.57. The average molecular weight is 310 g/mol. The van der Waals surface area contributed by atoms with Gasteiger partial charge >= 0.3 is 0 Å². The summed E-state index contributed by atoms with van der Waals surface area (Å²) in [7, 11) is -5.97. The Morgan fingerprint density at radius 1 is 1.28 bits per heavy atom. The predicted molar refractivity (Wildman–Crippen MR) is 61.3 cm³/mol. The highest BCUT2D eigenvalue weighted by Crippen LogP contribution is 2.35. The van der Waals surface area contributed by atoms with Crippen LogP contribution in [-0.2, 0) is 8.57 Å². The lowest BCUT2D eigenvalue weighted by molar-refractivity contribution is -1.91. The van der Waals surface area contributed by atoms with Crippen LogP contribution in [0, 0.1) is 10.2 Å². The van der Waals surface area contributed by atoms with Gasteiger partial charge in [-0.3, -0.25) is 0 Å². The molecule has 2 rings (SSSR count). The van der Waals surface area contributed by atoms with Gasteiger partial charge in [-0.25, -0.2) is 0 Å². The lowest BCUT2D eigenvalue weighted by Crippen LogP contribution is -2.60. The van der Waals surface area contributed by atoms with Gasteiger partial charge in [0, 0.05) is 5.56 Å². The van der Waals surface area contributed by atoms with Gasteiger partial charge in [0.1, 0.15) is 3.74 Å². The Morgan fingerprint density at radius 2 is 1.94 bits per heavy atom. The van der Waals surface area contributed by atoms with E-state index in [1.54, 1.807) is 36.6 Å². The molecule has 1 heterocycles. The number of hydrogen-bond acceptors (Lipinski definition) is 7. The third kappa shape index (κ3) is 3.23. The van der Waals surface area contributed by atoms with Crippen LogP contribution < -0.4 is 14.0 Å². The van der Waals surface area contributed by atoms with Crippen molar-refractivity contribution < 1.29 is 32.8 Å². The lowest BCUT2D eigenvalue weighted by atomic mass is 10.2. The molecule has 9 heteroatoms. The maximum Gasteiger partial charge on any atom is 0.261 e. The SMILES string of the molecule is CSC1=S(O[Cl+3]([O-])([O-])[O-])C(c2ccccc2)=NO1. The fourth-order valence-electron chi connectivity index (χ4n) is 1.21. The van der Waals surface area contributed by atoms with Gasteiger partial charge in [0.05, 0.1) is 10.2 Å². The molecule has 6 nitrogen and oxygen atoms in total. The van der Waals surface area contributed by atoms with Crippen LogP contribution in [0.2, 0.25) is 0 Å². The van der Waals surface area contributed by atoms with E-state index in [-0.39, 0.29) is 9.43 Å². The predicted octanol–water partition coefficient (Wildman–Crippen LogP) is -1.07. The van der Waals surface area contributed by atoms with Gasteiger partial charge in [0.25, 0.3) is 4.38 Å². The maximum atomic E-state index is 10.7. The smallest absolute Gasteiger partial charge is 0.261 e. The third-order valence-corrected chi connectivity index (χ3v) is 5.38. The lowest BCUT2D eigenvalue weighted by Gasteiger charge is -2.12. The van der Waals surface area contributed by atoms with Gasteiger partial charge < -0.3 is 4.84 Å². The molecule has 0 amide bonds. The number of halogens is 1. The molecule has 98 valence electrons. The molecule has 0 aromatic heterocycles. The number of oxime groups is 1. The molecular weight excluding hydrogens is 302 g/mol. The van der Waals surface area contributed by atoms with Crippen molar-refractivity contribution in [1.29, 1.82) is 0 Å². The fraction of sp³-hybridized carbons (Fsp3) is 0.111. The van der Waals surface area contributed by atoms with Crippen LogP contribution in [0.3, 0.4) is 0 Å². The molecule has 0 saturated heterocycles. The summed E-state index contributed by atoms with van der Waals surface area (Å²) in [4.78, 5) is 4.97. The summed E-state index contributed by atoms with van der Waals surface area (Å²) in [5.41, 5.74) is 0.642. The van der Waals surface area contributed by atoms with E-state index in [9.17, 15) is 14.0 Å². The minimum absolute atomic E-state index is 0.237. The molecule has 18 heavy (non-hydrogen) atoms. The monoisotopic (exact) mass is 309 g/mol. The summed E-state index contributed by atoms with van der Waals surface area (Å²) in [5, 5.41) is 4.05. The zero-order valence-corrected chi connectivity index (χ0v) is 11.5. The molecule has 0 saturated carbocycles. The molecule has 1 atom stereocenters. The zero-order chi connectivity index (χ0) is 13.2. The van der Waals surface area contributed by atoms with Crippen molar-refractivity contribution in [2.45, 2.75) is 0 Å². The Bertz CT molecular complexity index is 499. The van der Waals surface area contributed by atoms with Crippen molar-refractivity contribution in [1.82, 2.24) is 0 Å². The van der Waals surface area contributed by atoms with Crippen LogP contribution in [0.15, 0.2) is 35.5 Å². The molecule has 0 N–H and O–H groups in total. The van der Waals surface area contributed by atoms with E-state index in [2.05, 4.69) is 8.89 Å². The normalized spacial score (nSPS) is 19.7. The van der Waals surface area contributed by atoms with Crippen molar-refractivity contribution in [2.24, 2.45) is 5.16 Å². The standard InChI is InChI=1S/C9H8ClNO5S2/c1-17-9-15-11-8(7-5-3-2-4-6-7)18(9)16-10(12,13)14/h2-6H,1H3. The summed E-state index contributed by atoms with van der Waals surface area (Å²) in [6.45, 7) is 0. The van der Waals surface area contributed by atoms with E-state index in [1.165, 1.54) is 0 Å². The average Bonchev–Trinajstić information content (AvgIpc) is 2.71. The van der Waals surface area contributed by atoms with Gasteiger partial charge in [-0.1, -0.05) is 47.2 Å². The summed E-state index contributed by atoms with van der Waals surface area (Å²) < 4.78 is 36.8. The zero-order valence-electron chi connectivity index (χ0n) is 9.07. The first kappa shape index (κ1) is 13.8. The molecule has 1 aliphatic rings. The fourth-order valence-corrected chi connectivity index (χ4v) is 4.18. The molecule has 0 radical (unpaired) electrons. The van der Waals surface area contributed by atoms with Crippen molar-refractivity contribution in [3.8, 4) is 0 Å². The quantitative estimate of drug-likeness (QED) is 0.659. The minimum atomic E-state index is -4.54. The van der Waals surface area contributed by atoms with E-state index < -0.39 is 21.0 Å². The summed E-state index contributed by atoms with van der Waals surface area (Å²) in [6, 6.07) is 8.78. The Kier molecular flexibility index (Phi) is 4.28. The summed E-state index contributed by atoms with van der Waals surface area (Å²) >= 11 is 1.14. The van der Waals surface area contributed by atoms with E-state index in [1.807, 2.05) is 0 Å². The van der Waals surface area contributed by atoms with E-state index in [0.717, 1.165) is 11.8 Å². The van der Waals surface area contributed by atoms with Crippen LogP contribution in [0.5, 0.6) is 0 Å². The van der Waals surface area contributed by atoms with Crippen LogP contribution in [0.4, 0.5) is 0 Å². The first-order valence-corrected chi connectivity index (χ1v) is 8.18. The molecule has 1 aliphatic heterocycles.